The molecule has 3 nitrogen and oxygen atoms in total. The second-order valence-electron chi connectivity index (χ2n) is 4.12. The fraction of sp³-hybridized carbons (Fsp3) is 0.312. The largest absolute Gasteiger partial charge is 0.386 e. The van der Waals surface area contributed by atoms with E-state index in [1.807, 2.05) is 58.1 Å². The lowest BCUT2D eigenvalue weighted by Crippen LogP contribution is -2.20. The number of nitrogens with one attached hydrogen (secondary N) is 1. The number of rotatable bonds is 6. The first-order chi connectivity index (χ1) is 8.97. The average Bonchev–Trinajstić information content (AvgIpc) is 2.35. The zero-order valence-corrected chi connectivity index (χ0v) is 12.6. The molecule has 104 valence electrons. The highest BCUT2D eigenvalue weighted by atomic mass is 15.0. The number of hydrogen-bond donors (Lipinski definition) is 2. The molecule has 0 spiro atoms. The summed E-state index contributed by atoms with van der Waals surface area (Å²) in [4.78, 5) is 4.38. The third-order valence-electron chi connectivity index (χ3n) is 2.58. The van der Waals surface area contributed by atoms with E-state index in [9.17, 15) is 0 Å². The average molecular weight is 259 g/mol. The van der Waals surface area contributed by atoms with Crippen molar-refractivity contribution in [2.75, 3.05) is 7.05 Å². The second-order valence-corrected chi connectivity index (χ2v) is 4.12. The van der Waals surface area contributed by atoms with E-state index in [4.69, 9.17) is 5.73 Å². The highest BCUT2D eigenvalue weighted by Gasteiger charge is 2.08. The van der Waals surface area contributed by atoms with Crippen LogP contribution in [0.2, 0.25) is 0 Å². The summed E-state index contributed by atoms with van der Waals surface area (Å²) in [7, 11) is 1.79. The molecule has 0 amide bonds. The quantitative estimate of drug-likeness (QED) is 0.567. The lowest BCUT2D eigenvalue weighted by Gasteiger charge is -2.13. The van der Waals surface area contributed by atoms with E-state index in [2.05, 4.69) is 16.9 Å². The molecule has 0 aromatic heterocycles. The molecule has 0 aliphatic rings. The molecule has 0 unspecified atom stereocenters. The van der Waals surface area contributed by atoms with Crippen molar-refractivity contribution >= 4 is 5.71 Å². The Hall–Kier alpha value is -2.03. The molecule has 0 saturated heterocycles. The van der Waals surface area contributed by atoms with Crippen molar-refractivity contribution in [3.8, 4) is 0 Å². The van der Waals surface area contributed by atoms with Gasteiger partial charge in [0.1, 0.15) is 0 Å². The molecule has 3 heteroatoms. The lowest BCUT2D eigenvalue weighted by atomic mass is 10.0. The first kappa shape index (κ1) is 17.0. The monoisotopic (exact) mass is 259 g/mol. The SMILES string of the molecule is C=C(N)N/C(C)=C(\C)C(=NC)C(/C=C\C)=C/C=C/C. The second kappa shape index (κ2) is 8.97. The number of nitrogens with zero attached hydrogens (tertiary/aromatic N) is 1. The summed E-state index contributed by atoms with van der Waals surface area (Å²) in [5.74, 6) is 0.428. The molecular weight excluding hydrogens is 234 g/mol. The number of nitrogens with two attached hydrogens (primary N) is 1. The molecule has 19 heavy (non-hydrogen) atoms. The lowest BCUT2D eigenvalue weighted by molar-refractivity contribution is 0.941. The maximum absolute atomic E-state index is 5.57. The van der Waals surface area contributed by atoms with Gasteiger partial charge in [0.2, 0.25) is 0 Å². The molecule has 0 aliphatic carbocycles. The van der Waals surface area contributed by atoms with Gasteiger partial charge in [-0.2, -0.15) is 0 Å². The van der Waals surface area contributed by atoms with Crippen LogP contribution in [-0.4, -0.2) is 12.8 Å². The van der Waals surface area contributed by atoms with Crippen LogP contribution in [0.4, 0.5) is 0 Å². The van der Waals surface area contributed by atoms with E-state index in [1.54, 1.807) is 7.05 Å². The predicted molar refractivity (Wildman–Crippen MR) is 85.9 cm³/mol. The predicted octanol–water partition coefficient (Wildman–Crippen LogP) is 3.45. The Balaban J connectivity index is 5.58. The van der Waals surface area contributed by atoms with Gasteiger partial charge in [-0.3, -0.25) is 4.99 Å². The van der Waals surface area contributed by atoms with Crippen molar-refractivity contribution in [1.29, 1.82) is 0 Å². The maximum Gasteiger partial charge on any atom is 0.0928 e. The molecule has 0 bridgehead atoms. The van der Waals surface area contributed by atoms with Crippen molar-refractivity contribution in [2.24, 2.45) is 10.7 Å². The van der Waals surface area contributed by atoms with Crippen LogP contribution in [0.15, 0.2) is 64.6 Å². The molecule has 0 heterocycles. The molecule has 0 rings (SSSR count). The maximum atomic E-state index is 5.57. The van der Waals surface area contributed by atoms with Gasteiger partial charge in [-0.15, -0.1) is 0 Å². The van der Waals surface area contributed by atoms with Crippen LogP contribution in [-0.2, 0) is 0 Å². The van der Waals surface area contributed by atoms with Crippen LogP contribution < -0.4 is 11.1 Å². The summed E-state index contributed by atoms with van der Waals surface area (Å²) in [5.41, 5.74) is 9.55. The molecule has 0 atom stereocenters. The smallest absolute Gasteiger partial charge is 0.0928 e. The third-order valence-corrected chi connectivity index (χ3v) is 2.58. The van der Waals surface area contributed by atoms with Crippen LogP contribution in [0.3, 0.4) is 0 Å². The van der Waals surface area contributed by atoms with E-state index in [1.165, 1.54) is 0 Å². The summed E-state index contributed by atoms with van der Waals surface area (Å²) in [5, 5.41) is 3.02. The molecular formula is C16H25N3. The molecule has 3 N–H and O–H groups in total. The first-order valence-corrected chi connectivity index (χ1v) is 6.30. The highest BCUT2D eigenvalue weighted by molar-refractivity contribution is 6.14. The number of allylic oxidation sites excluding steroid dienone is 8. The Labute approximate surface area is 117 Å². The summed E-state index contributed by atoms with van der Waals surface area (Å²) in [6, 6.07) is 0. The van der Waals surface area contributed by atoms with Gasteiger partial charge in [-0.05, 0) is 38.8 Å². The Bertz CT molecular complexity index is 460. The standard InChI is InChI=1S/C16H25N3/c1-7-9-11-15(10-8-2)16(18-6)12(3)13(4)19-14(5)17/h7-11,19H,5,17H2,1-4,6H3/b9-7+,10-8-,13-12+,15-11+,18-16?. The number of hydrogen-bond acceptors (Lipinski definition) is 3. The molecule has 0 saturated carbocycles. The Kier molecular flexibility index (Phi) is 8.02. The fourth-order valence-electron chi connectivity index (χ4n) is 1.62. The van der Waals surface area contributed by atoms with Crippen LogP contribution in [0, 0.1) is 0 Å². The molecule has 0 aromatic carbocycles. The normalized spacial score (nSPS) is 15.0. The van der Waals surface area contributed by atoms with E-state index < -0.39 is 0 Å². The Morgan fingerprint density at radius 2 is 1.84 bits per heavy atom. The van der Waals surface area contributed by atoms with E-state index >= 15 is 0 Å². The van der Waals surface area contributed by atoms with Gasteiger partial charge in [0, 0.05) is 12.7 Å². The Morgan fingerprint density at radius 1 is 1.21 bits per heavy atom. The van der Waals surface area contributed by atoms with Gasteiger partial charge < -0.3 is 11.1 Å². The fourth-order valence-corrected chi connectivity index (χ4v) is 1.62. The first-order valence-electron chi connectivity index (χ1n) is 6.30. The van der Waals surface area contributed by atoms with Crippen LogP contribution >= 0.6 is 0 Å². The van der Waals surface area contributed by atoms with Gasteiger partial charge in [-0.1, -0.05) is 37.0 Å². The van der Waals surface area contributed by atoms with E-state index in [0.717, 1.165) is 22.6 Å². The van der Waals surface area contributed by atoms with Gasteiger partial charge >= 0.3 is 0 Å². The van der Waals surface area contributed by atoms with Crippen molar-refractivity contribution < 1.29 is 0 Å². The van der Waals surface area contributed by atoms with Gasteiger partial charge in [0.15, 0.2) is 0 Å². The van der Waals surface area contributed by atoms with Crippen LogP contribution in [0.25, 0.3) is 0 Å². The topological polar surface area (TPSA) is 50.4 Å². The number of aliphatic imine (C=N–C) groups is 1. The summed E-state index contributed by atoms with van der Waals surface area (Å²) < 4.78 is 0. The Morgan fingerprint density at radius 3 is 2.26 bits per heavy atom. The van der Waals surface area contributed by atoms with Gasteiger partial charge in [-0.25, -0.2) is 0 Å². The van der Waals surface area contributed by atoms with Gasteiger partial charge in [0.25, 0.3) is 0 Å². The van der Waals surface area contributed by atoms with Crippen molar-refractivity contribution in [3.05, 3.63) is 59.6 Å². The van der Waals surface area contributed by atoms with Crippen molar-refractivity contribution in [3.63, 3.8) is 0 Å². The van der Waals surface area contributed by atoms with Crippen LogP contribution in [0.5, 0.6) is 0 Å². The molecule has 0 radical (unpaired) electrons. The van der Waals surface area contributed by atoms with E-state index in [0.29, 0.717) is 5.82 Å². The summed E-state index contributed by atoms with van der Waals surface area (Å²) in [6.45, 7) is 11.6. The van der Waals surface area contributed by atoms with E-state index in [-0.39, 0.29) is 0 Å². The molecule has 0 aliphatic heterocycles. The highest BCUT2D eigenvalue weighted by Crippen LogP contribution is 2.13. The summed E-state index contributed by atoms with van der Waals surface area (Å²) in [6.07, 6.45) is 10.1. The third kappa shape index (κ3) is 5.91. The zero-order valence-electron chi connectivity index (χ0n) is 12.6. The molecule has 0 aromatic rings. The van der Waals surface area contributed by atoms with Gasteiger partial charge in [0.05, 0.1) is 11.5 Å². The van der Waals surface area contributed by atoms with Crippen molar-refractivity contribution in [2.45, 2.75) is 27.7 Å². The van der Waals surface area contributed by atoms with Crippen molar-refractivity contribution in [1.82, 2.24) is 5.32 Å². The summed E-state index contributed by atoms with van der Waals surface area (Å²) >= 11 is 0. The zero-order chi connectivity index (χ0) is 14.8. The minimum absolute atomic E-state index is 0.428. The minimum atomic E-state index is 0.428. The van der Waals surface area contributed by atoms with Crippen LogP contribution in [0.1, 0.15) is 27.7 Å². The molecule has 0 fully saturated rings. The minimum Gasteiger partial charge on any atom is -0.386 e.